The number of carbonyl (C=O) groups excluding carboxylic acids is 1. The zero-order valence-corrected chi connectivity index (χ0v) is 21.3. The maximum absolute atomic E-state index is 12.5. The van der Waals surface area contributed by atoms with Gasteiger partial charge in [0.05, 0.1) is 0 Å². The van der Waals surface area contributed by atoms with E-state index in [1.54, 1.807) is 0 Å². The van der Waals surface area contributed by atoms with Crippen molar-refractivity contribution < 1.29 is 19.0 Å². The fourth-order valence-electron chi connectivity index (χ4n) is 5.37. The molecule has 0 unspecified atom stereocenters. The average molecular weight is 501 g/mol. The quantitative estimate of drug-likeness (QED) is 0.519. The molecule has 8 nitrogen and oxygen atoms in total. The lowest BCUT2D eigenvalue weighted by atomic mass is 10.1. The summed E-state index contributed by atoms with van der Waals surface area (Å²) in [4.78, 5) is 12.5. The van der Waals surface area contributed by atoms with Crippen LogP contribution in [0, 0.1) is 0 Å². The number of anilines is 2. The molecule has 0 aromatic heterocycles. The molecule has 3 aliphatic heterocycles. The Kier molecular flexibility index (Phi) is 6.22. The standard InChI is InChI=1S/C29H32N4O4/c1-29(2)36-25-24-18-32(3)33(27(35-24)26(25)37-29)17-19-9-13-22(14-10-19)30-28(34)31-23-15-11-21(12-16-23)20-7-5-4-6-8-20/h4-16,24-27H,17-18H2,1-3H3,(H2,30,31,34)/t24-,25-,26-,27-/m1/s1. The number of amides is 2. The third kappa shape index (κ3) is 4.99. The van der Waals surface area contributed by atoms with Crippen LogP contribution >= 0.6 is 0 Å². The Morgan fingerprint density at radius 2 is 1.46 bits per heavy atom. The van der Waals surface area contributed by atoms with Gasteiger partial charge in [-0.3, -0.25) is 0 Å². The number of likely N-dealkylation sites (N-methyl/N-ethyl adjacent to an activating group) is 1. The van der Waals surface area contributed by atoms with E-state index in [4.69, 9.17) is 14.2 Å². The molecule has 0 saturated carbocycles. The first kappa shape index (κ1) is 24.1. The molecule has 3 fully saturated rings. The number of urea groups is 1. The summed E-state index contributed by atoms with van der Waals surface area (Å²) < 4.78 is 18.5. The van der Waals surface area contributed by atoms with Crippen LogP contribution in [0.4, 0.5) is 16.2 Å². The third-order valence-corrected chi connectivity index (χ3v) is 7.11. The van der Waals surface area contributed by atoms with Gasteiger partial charge in [0.15, 0.2) is 12.0 Å². The Balaban J connectivity index is 1.05. The van der Waals surface area contributed by atoms with Crippen molar-refractivity contribution in [3.8, 4) is 11.1 Å². The Morgan fingerprint density at radius 1 is 0.865 bits per heavy atom. The van der Waals surface area contributed by atoms with E-state index >= 15 is 0 Å². The van der Waals surface area contributed by atoms with E-state index in [-0.39, 0.29) is 30.6 Å². The summed E-state index contributed by atoms with van der Waals surface area (Å²) in [6, 6.07) is 25.5. The molecule has 192 valence electrons. The van der Waals surface area contributed by atoms with Gasteiger partial charge in [-0.15, -0.1) is 0 Å². The molecule has 3 aromatic rings. The van der Waals surface area contributed by atoms with E-state index in [1.807, 2.05) is 80.6 Å². The third-order valence-electron chi connectivity index (χ3n) is 7.11. The van der Waals surface area contributed by atoms with Crippen molar-refractivity contribution in [1.29, 1.82) is 0 Å². The van der Waals surface area contributed by atoms with Gasteiger partial charge < -0.3 is 24.8 Å². The van der Waals surface area contributed by atoms with E-state index in [9.17, 15) is 4.79 Å². The highest BCUT2D eigenvalue weighted by atomic mass is 16.8. The Hall–Kier alpha value is -3.27. The van der Waals surface area contributed by atoms with Gasteiger partial charge in [0, 0.05) is 31.5 Å². The van der Waals surface area contributed by atoms with E-state index in [1.165, 1.54) is 0 Å². The van der Waals surface area contributed by atoms with E-state index in [0.717, 1.165) is 34.6 Å². The van der Waals surface area contributed by atoms with Crippen molar-refractivity contribution in [1.82, 2.24) is 10.0 Å². The van der Waals surface area contributed by atoms with Crippen LogP contribution in [0.15, 0.2) is 78.9 Å². The van der Waals surface area contributed by atoms with Crippen LogP contribution in [0.3, 0.4) is 0 Å². The molecule has 4 atom stereocenters. The number of fused-ring (bicyclic) bond motifs is 5. The van der Waals surface area contributed by atoms with Crippen molar-refractivity contribution in [2.45, 2.75) is 50.7 Å². The number of carbonyl (C=O) groups is 1. The smallest absolute Gasteiger partial charge is 0.323 e. The Morgan fingerprint density at radius 3 is 2.14 bits per heavy atom. The number of hydrogen-bond acceptors (Lipinski definition) is 6. The number of ether oxygens (including phenoxy) is 3. The van der Waals surface area contributed by atoms with E-state index in [2.05, 4.69) is 39.8 Å². The minimum absolute atomic E-state index is 0.0117. The molecular formula is C29H32N4O4. The molecule has 3 aliphatic rings. The number of nitrogens with one attached hydrogen (secondary N) is 2. The summed E-state index contributed by atoms with van der Waals surface area (Å²) in [5, 5.41) is 10.2. The maximum Gasteiger partial charge on any atom is 0.323 e. The topological polar surface area (TPSA) is 75.3 Å². The number of benzene rings is 3. The number of hydrazine groups is 1. The van der Waals surface area contributed by atoms with Crippen molar-refractivity contribution in [3.05, 3.63) is 84.4 Å². The molecular weight excluding hydrogens is 468 g/mol. The molecule has 3 heterocycles. The highest BCUT2D eigenvalue weighted by Crippen LogP contribution is 2.43. The number of nitrogens with zero attached hydrogens (tertiary/aromatic N) is 2. The van der Waals surface area contributed by atoms with Crippen molar-refractivity contribution in [2.75, 3.05) is 24.2 Å². The minimum Gasteiger partial charge on any atom is -0.352 e. The van der Waals surface area contributed by atoms with Crippen molar-refractivity contribution >= 4 is 17.4 Å². The molecule has 2 amide bonds. The first-order valence-electron chi connectivity index (χ1n) is 12.7. The summed E-state index contributed by atoms with van der Waals surface area (Å²) in [6.07, 6.45) is -0.339. The van der Waals surface area contributed by atoms with Crippen LogP contribution in [0.1, 0.15) is 19.4 Å². The molecule has 8 heteroatoms. The molecule has 0 aliphatic carbocycles. The summed E-state index contributed by atoms with van der Waals surface area (Å²) in [5.41, 5.74) is 4.81. The minimum atomic E-state index is -0.588. The molecule has 6 rings (SSSR count). The van der Waals surface area contributed by atoms with Gasteiger partial charge in [-0.1, -0.05) is 54.6 Å². The summed E-state index contributed by atoms with van der Waals surface area (Å²) in [7, 11) is 2.07. The van der Waals surface area contributed by atoms with Gasteiger partial charge in [0.1, 0.15) is 18.3 Å². The van der Waals surface area contributed by atoms with Gasteiger partial charge in [0.25, 0.3) is 0 Å². The van der Waals surface area contributed by atoms with Gasteiger partial charge in [0.2, 0.25) is 0 Å². The molecule has 3 aromatic carbocycles. The molecule has 3 saturated heterocycles. The zero-order chi connectivity index (χ0) is 25.6. The SMILES string of the molecule is CN1C[C@H]2O[C@H]([C@@H]3OC(C)(C)O[C@@H]32)N1Cc1ccc(NC(=O)Nc2ccc(-c3ccccc3)cc2)cc1. The predicted molar refractivity (Wildman–Crippen MR) is 142 cm³/mol. The lowest BCUT2D eigenvalue weighted by molar-refractivity contribution is -0.267. The molecule has 0 spiro atoms. The van der Waals surface area contributed by atoms with Crippen molar-refractivity contribution in [2.24, 2.45) is 0 Å². The molecule has 37 heavy (non-hydrogen) atoms. The molecule has 0 radical (unpaired) electrons. The maximum atomic E-state index is 12.5. The van der Waals surface area contributed by atoms with Gasteiger partial charge >= 0.3 is 6.03 Å². The highest BCUT2D eigenvalue weighted by molar-refractivity contribution is 5.99. The van der Waals surface area contributed by atoms with Crippen LogP contribution in [-0.2, 0) is 20.8 Å². The first-order chi connectivity index (χ1) is 17.8. The van der Waals surface area contributed by atoms with Crippen LogP contribution in [0.5, 0.6) is 0 Å². The van der Waals surface area contributed by atoms with Crippen LogP contribution in [-0.4, -0.2) is 60.0 Å². The summed E-state index contributed by atoms with van der Waals surface area (Å²) in [5.74, 6) is -0.588. The van der Waals surface area contributed by atoms with Gasteiger partial charge in [-0.2, -0.15) is 0 Å². The van der Waals surface area contributed by atoms with Crippen molar-refractivity contribution in [3.63, 3.8) is 0 Å². The highest BCUT2D eigenvalue weighted by Gasteiger charge is 2.59. The van der Waals surface area contributed by atoms with Gasteiger partial charge in [-0.25, -0.2) is 14.8 Å². The van der Waals surface area contributed by atoms with E-state index in [0.29, 0.717) is 6.54 Å². The number of rotatable bonds is 5. The fraction of sp³-hybridized carbons (Fsp3) is 0.345. The Labute approximate surface area is 217 Å². The first-order valence-corrected chi connectivity index (χ1v) is 12.7. The van der Waals surface area contributed by atoms with Crippen LogP contribution in [0.2, 0.25) is 0 Å². The second-order valence-electron chi connectivity index (χ2n) is 10.3. The largest absolute Gasteiger partial charge is 0.352 e. The van der Waals surface area contributed by atoms with Crippen LogP contribution in [0.25, 0.3) is 11.1 Å². The predicted octanol–water partition coefficient (Wildman–Crippen LogP) is 4.91. The van der Waals surface area contributed by atoms with E-state index < -0.39 is 5.79 Å². The zero-order valence-electron chi connectivity index (χ0n) is 21.3. The average Bonchev–Trinajstić information content (AvgIpc) is 3.35. The fourth-order valence-corrected chi connectivity index (χ4v) is 5.37. The lowest BCUT2D eigenvalue weighted by Gasteiger charge is -2.42. The number of hydrogen-bond donors (Lipinski definition) is 2. The second-order valence-corrected chi connectivity index (χ2v) is 10.3. The molecule has 2 bridgehead atoms. The summed E-state index contributed by atoms with van der Waals surface area (Å²) in [6.45, 7) is 5.33. The van der Waals surface area contributed by atoms with Gasteiger partial charge in [-0.05, 0) is 54.8 Å². The summed E-state index contributed by atoms with van der Waals surface area (Å²) >= 11 is 0. The molecule has 2 N–H and O–H groups in total. The monoisotopic (exact) mass is 500 g/mol. The lowest BCUT2D eigenvalue weighted by Crippen LogP contribution is -2.55. The van der Waals surface area contributed by atoms with Crippen LogP contribution < -0.4 is 10.6 Å². The normalized spacial score (nSPS) is 26.6. The Bertz CT molecular complexity index is 1250. The second kappa shape index (κ2) is 9.55.